The standard InChI is InChI=1S/CH2O3.Cl/c2-1(3)4;/h(H2,2,3,4);/q;+2/p-2. The molecule has 0 heterocycles. The van der Waals surface area contributed by atoms with Crippen LogP contribution in [0.2, 0.25) is 0 Å². The normalized spacial score (nSPS) is 4.80. The SMILES string of the molecule is O=C([O-])[O-].[Cl+2]. The lowest BCUT2D eigenvalue weighted by atomic mass is 11.5. The first-order chi connectivity index (χ1) is 1.73. The summed E-state index contributed by atoms with van der Waals surface area (Å²) in [5.74, 6) is 0. The van der Waals surface area contributed by atoms with Gasteiger partial charge in [0.2, 0.25) is 0 Å². The molecule has 0 saturated carbocycles. The van der Waals surface area contributed by atoms with E-state index in [1.54, 1.807) is 0 Å². The van der Waals surface area contributed by atoms with Crippen LogP contribution in [-0.4, -0.2) is 6.16 Å². The quantitative estimate of drug-likeness (QED) is 0.336. The predicted molar refractivity (Wildman–Crippen MR) is 5.40 cm³/mol. The molecule has 0 unspecified atom stereocenters. The molecule has 29 valence electrons. The summed E-state index contributed by atoms with van der Waals surface area (Å²) in [6, 6.07) is 0. The Morgan fingerprint density at radius 1 is 1.40 bits per heavy atom. The van der Waals surface area contributed by atoms with E-state index in [1.807, 2.05) is 0 Å². The van der Waals surface area contributed by atoms with Gasteiger partial charge >= 0.3 is 12.4 Å². The van der Waals surface area contributed by atoms with E-state index >= 15 is 0 Å². The van der Waals surface area contributed by atoms with Gasteiger partial charge in [-0.1, -0.05) is 0 Å². The minimum Gasteiger partial charge on any atom is -0.652 e. The van der Waals surface area contributed by atoms with Crippen LogP contribution in [0.15, 0.2) is 0 Å². The maximum Gasteiger partial charge on any atom is 2.00 e. The van der Waals surface area contributed by atoms with Crippen molar-refractivity contribution in [2.24, 2.45) is 0 Å². The zero-order chi connectivity index (χ0) is 3.58. The van der Waals surface area contributed by atoms with E-state index in [0.29, 0.717) is 0 Å². The second-order valence-electron chi connectivity index (χ2n) is 0.250. The fraction of sp³-hybridized carbons (Fsp3) is 0. The fourth-order valence-electron chi connectivity index (χ4n) is 0. The fourth-order valence-corrected chi connectivity index (χ4v) is 0. The van der Waals surface area contributed by atoms with Crippen molar-refractivity contribution in [2.75, 3.05) is 0 Å². The molecule has 0 aromatic heterocycles. The minimum atomic E-state index is -2.33. The Kier molecular flexibility index (Phi) is 6.28. The minimum absolute atomic E-state index is 0. The molecule has 0 aliphatic rings. The lowest BCUT2D eigenvalue weighted by Gasteiger charge is -1.96. The van der Waals surface area contributed by atoms with Crippen molar-refractivity contribution >= 4 is 6.16 Å². The predicted octanol–water partition coefficient (Wildman–Crippen LogP) is -2.45. The molecule has 0 aliphatic heterocycles. The van der Waals surface area contributed by atoms with Crippen LogP contribution in [0, 0.1) is 12.4 Å². The number of halogens is 1. The van der Waals surface area contributed by atoms with Crippen molar-refractivity contribution in [3.05, 3.63) is 0 Å². The van der Waals surface area contributed by atoms with Crippen LogP contribution in [0.4, 0.5) is 4.79 Å². The van der Waals surface area contributed by atoms with Gasteiger partial charge in [-0.3, -0.25) is 0 Å². The number of hydrogen-bond donors (Lipinski definition) is 0. The Bertz CT molecular complexity index is 29.9. The molecule has 0 fully saturated rings. The third-order valence-corrected chi connectivity index (χ3v) is 0. The van der Waals surface area contributed by atoms with E-state index in [-0.39, 0.29) is 12.4 Å². The highest BCUT2D eigenvalue weighted by molar-refractivity contribution is 5.47. The summed E-state index contributed by atoms with van der Waals surface area (Å²) >= 11 is 0. The Balaban J connectivity index is 0. The van der Waals surface area contributed by atoms with Crippen molar-refractivity contribution < 1.29 is 27.4 Å². The van der Waals surface area contributed by atoms with Crippen molar-refractivity contribution in [1.29, 1.82) is 0 Å². The van der Waals surface area contributed by atoms with Crippen molar-refractivity contribution in [1.82, 2.24) is 0 Å². The Morgan fingerprint density at radius 2 is 1.40 bits per heavy atom. The zero-order valence-corrected chi connectivity index (χ0v) is 2.86. The first kappa shape index (κ1) is 8.82. The van der Waals surface area contributed by atoms with Gasteiger partial charge in [0.1, 0.15) is 0 Å². The summed E-state index contributed by atoms with van der Waals surface area (Å²) in [5, 5.41) is 16.7. The van der Waals surface area contributed by atoms with Crippen LogP contribution in [0.1, 0.15) is 0 Å². The van der Waals surface area contributed by atoms with Crippen LogP contribution in [0.25, 0.3) is 0 Å². The van der Waals surface area contributed by atoms with Gasteiger partial charge in [0, 0.05) is 0 Å². The molecule has 0 aromatic rings. The van der Waals surface area contributed by atoms with Crippen LogP contribution < -0.4 is 10.2 Å². The van der Waals surface area contributed by atoms with Gasteiger partial charge in [0.05, 0.1) is 0 Å². The van der Waals surface area contributed by atoms with Gasteiger partial charge in [0.15, 0.2) is 0 Å². The third kappa shape index (κ3) is 44.8. The molecule has 0 N–H and O–H groups in total. The average molecular weight is 95.5 g/mol. The molecule has 3 radical (unpaired) electrons. The summed E-state index contributed by atoms with van der Waals surface area (Å²) in [7, 11) is 0. The number of rotatable bonds is 0. The van der Waals surface area contributed by atoms with Gasteiger partial charge in [-0.25, -0.2) is 0 Å². The van der Waals surface area contributed by atoms with Gasteiger partial charge in [-0.05, 0) is 6.16 Å². The molecule has 0 bridgehead atoms. The van der Waals surface area contributed by atoms with Crippen LogP contribution in [-0.2, 0) is 0 Å². The molecule has 4 heteroatoms. The molecule has 0 aromatic carbocycles. The monoisotopic (exact) mass is 95.0 g/mol. The summed E-state index contributed by atoms with van der Waals surface area (Å²) in [6.45, 7) is 0. The van der Waals surface area contributed by atoms with E-state index in [0.717, 1.165) is 0 Å². The highest BCUT2D eigenvalue weighted by atomic mass is 35.5. The average Bonchev–Trinajstić information content (AvgIpc) is 0.811. The first-order valence-corrected chi connectivity index (χ1v) is 0.612. The molecular weight excluding hydrogens is 95.5 g/mol. The summed E-state index contributed by atoms with van der Waals surface area (Å²) in [5.41, 5.74) is 0. The van der Waals surface area contributed by atoms with Crippen molar-refractivity contribution in [2.45, 2.75) is 0 Å². The maximum absolute atomic E-state index is 8.33. The summed E-state index contributed by atoms with van der Waals surface area (Å²) < 4.78 is 0. The highest BCUT2D eigenvalue weighted by Gasteiger charge is 2.00. The number of carbonyl (C=O) groups is 1. The summed E-state index contributed by atoms with van der Waals surface area (Å²) in [6.07, 6.45) is -2.33. The molecular formula is CClO3. The summed E-state index contributed by atoms with van der Waals surface area (Å²) in [4.78, 5) is 8.33. The molecule has 0 atom stereocenters. The van der Waals surface area contributed by atoms with Gasteiger partial charge in [-0.2, -0.15) is 0 Å². The molecule has 5 heavy (non-hydrogen) atoms. The Morgan fingerprint density at radius 3 is 1.40 bits per heavy atom. The molecule has 0 amide bonds. The number of carboxylic acid groups (broad SMARTS) is 2. The van der Waals surface area contributed by atoms with Crippen LogP contribution in [0.5, 0.6) is 0 Å². The van der Waals surface area contributed by atoms with Crippen molar-refractivity contribution in [3.63, 3.8) is 0 Å². The smallest absolute Gasteiger partial charge is 0.652 e. The molecule has 0 saturated heterocycles. The lowest BCUT2D eigenvalue weighted by molar-refractivity contribution is -0.415. The number of carbonyl (C=O) groups excluding carboxylic acids is 1. The second-order valence-corrected chi connectivity index (χ2v) is 0.250. The van der Waals surface area contributed by atoms with E-state index in [2.05, 4.69) is 0 Å². The van der Waals surface area contributed by atoms with E-state index in [9.17, 15) is 0 Å². The van der Waals surface area contributed by atoms with Crippen molar-refractivity contribution in [3.8, 4) is 0 Å². The maximum atomic E-state index is 8.33. The van der Waals surface area contributed by atoms with E-state index in [4.69, 9.17) is 15.0 Å². The van der Waals surface area contributed by atoms with Gasteiger partial charge in [0.25, 0.3) is 0 Å². The first-order valence-electron chi connectivity index (χ1n) is 0.612. The number of hydrogen-bond acceptors (Lipinski definition) is 3. The largest absolute Gasteiger partial charge is 2.00 e. The lowest BCUT2D eigenvalue weighted by Crippen LogP contribution is -2.37. The van der Waals surface area contributed by atoms with Crippen LogP contribution >= 0.6 is 0 Å². The molecule has 3 nitrogen and oxygen atoms in total. The molecule has 0 rings (SSSR count). The Labute approximate surface area is 34.6 Å². The van der Waals surface area contributed by atoms with E-state index in [1.165, 1.54) is 0 Å². The molecule has 0 spiro atoms. The second kappa shape index (κ2) is 3.56. The highest BCUT2D eigenvalue weighted by Crippen LogP contribution is 1.21. The van der Waals surface area contributed by atoms with E-state index < -0.39 is 6.16 Å². The van der Waals surface area contributed by atoms with Crippen LogP contribution in [0.3, 0.4) is 0 Å². The zero-order valence-electron chi connectivity index (χ0n) is 2.10. The Hall–Kier alpha value is -0.440. The topological polar surface area (TPSA) is 63.2 Å². The molecule has 0 aliphatic carbocycles. The van der Waals surface area contributed by atoms with Gasteiger partial charge < -0.3 is 15.0 Å². The third-order valence-electron chi connectivity index (χ3n) is 0. The van der Waals surface area contributed by atoms with Gasteiger partial charge in [-0.15, -0.1) is 0 Å².